The highest BCUT2D eigenvalue weighted by Crippen LogP contribution is 2.06. The predicted molar refractivity (Wildman–Crippen MR) is 37.3 cm³/mol. The molecule has 0 fully saturated rings. The topological polar surface area (TPSA) is 9.23 Å². The summed E-state index contributed by atoms with van der Waals surface area (Å²) in [7, 11) is 5.48. The van der Waals surface area contributed by atoms with Gasteiger partial charge in [-0.15, -0.1) is 0 Å². The lowest BCUT2D eigenvalue weighted by molar-refractivity contribution is 0.260. The van der Waals surface area contributed by atoms with E-state index in [4.69, 9.17) is 7.11 Å². The van der Waals surface area contributed by atoms with Crippen molar-refractivity contribution in [2.45, 2.75) is 25.7 Å². The van der Waals surface area contributed by atoms with Crippen molar-refractivity contribution in [2.75, 3.05) is 6.61 Å². The van der Waals surface area contributed by atoms with Crippen LogP contribution in [-0.4, -0.2) is 14.7 Å². The second-order valence-corrected chi connectivity index (χ2v) is 8.78. The molecule has 0 N–H and O–H groups in total. The third-order valence-corrected chi connectivity index (χ3v) is 2.66. The zero-order valence-electron chi connectivity index (χ0n) is 5.82. The molecule has 0 aromatic carbocycles. The van der Waals surface area contributed by atoms with Gasteiger partial charge in [0.05, 0.1) is 0 Å². The van der Waals surface area contributed by atoms with Crippen LogP contribution in [0.5, 0.6) is 0 Å². The molecule has 0 saturated carbocycles. The molecule has 0 unspecified atom stereocenters. The highest BCUT2D eigenvalue weighted by molar-refractivity contribution is 6.76. The zero-order valence-corrected chi connectivity index (χ0v) is 6.82. The summed E-state index contributed by atoms with van der Waals surface area (Å²) < 4.78 is 4.20. The van der Waals surface area contributed by atoms with Gasteiger partial charge in [0, 0.05) is 14.7 Å². The molecule has 0 amide bonds. The van der Waals surface area contributed by atoms with Crippen LogP contribution in [0.25, 0.3) is 0 Å². The molecule has 0 aromatic heterocycles. The minimum absolute atomic E-state index is 0.607. The molecule has 8 heavy (non-hydrogen) atoms. The van der Waals surface area contributed by atoms with Crippen molar-refractivity contribution in [3.8, 4) is 0 Å². The molecule has 0 aliphatic heterocycles. The molecule has 0 saturated heterocycles. The monoisotopic (exact) mass is 129 g/mol. The van der Waals surface area contributed by atoms with E-state index < -0.39 is 8.07 Å². The Bertz CT molecular complexity index is 56.0. The largest absolute Gasteiger partial charge is 0.365 e. The summed E-state index contributed by atoms with van der Waals surface area (Å²) >= 11 is 0. The smallest absolute Gasteiger partial charge is 0.173 e. The third kappa shape index (κ3) is 6.18. The standard InChI is InChI=1S/C6H13OSi/c1-7-5-6-8(2,3)4/h5-6H2,2-4H3. The van der Waals surface area contributed by atoms with Gasteiger partial charge < -0.3 is 4.74 Å². The van der Waals surface area contributed by atoms with Crippen molar-refractivity contribution < 1.29 is 4.74 Å². The molecular formula is C6H13OSi. The number of rotatable bonds is 3. The summed E-state index contributed by atoms with van der Waals surface area (Å²) in [5.41, 5.74) is 0. The minimum atomic E-state index is -0.923. The maximum atomic E-state index is 6.40. The van der Waals surface area contributed by atoms with Crippen LogP contribution < -0.4 is 0 Å². The van der Waals surface area contributed by atoms with E-state index in [-0.39, 0.29) is 0 Å². The Morgan fingerprint density at radius 3 is 2.00 bits per heavy atom. The SMILES string of the molecule is [C]OCC[Si](C)(C)C. The average molecular weight is 129 g/mol. The number of hydrogen-bond acceptors (Lipinski definition) is 1. The molecule has 3 radical (unpaired) electrons. The number of hydrogen-bond donors (Lipinski definition) is 0. The second kappa shape index (κ2) is 3.25. The lowest BCUT2D eigenvalue weighted by Crippen LogP contribution is -2.20. The van der Waals surface area contributed by atoms with Crippen molar-refractivity contribution >= 4 is 8.07 Å². The van der Waals surface area contributed by atoms with E-state index in [1.54, 1.807) is 0 Å². The highest BCUT2D eigenvalue weighted by atomic mass is 28.3. The van der Waals surface area contributed by atoms with Crippen molar-refractivity contribution in [3.05, 3.63) is 7.11 Å². The third-order valence-electron chi connectivity index (χ3n) is 0.954. The zero-order chi connectivity index (χ0) is 6.62. The van der Waals surface area contributed by atoms with Gasteiger partial charge in [-0.25, -0.2) is 0 Å². The Balaban J connectivity index is 3.11. The molecule has 0 atom stereocenters. The molecule has 2 heteroatoms. The molecule has 0 rings (SSSR count). The molecule has 47 valence electrons. The lowest BCUT2D eigenvalue weighted by atomic mass is 10.9. The predicted octanol–water partition coefficient (Wildman–Crippen LogP) is 1.89. The maximum Gasteiger partial charge on any atom is 0.173 e. The summed E-state index contributed by atoms with van der Waals surface area (Å²) in [5, 5.41) is 0. The molecular weight excluding hydrogens is 116 g/mol. The van der Waals surface area contributed by atoms with Crippen molar-refractivity contribution in [3.63, 3.8) is 0 Å². The first-order valence-corrected chi connectivity index (χ1v) is 6.55. The molecule has 0 aliphatic carbocycles. The van der Waals surface area contributed by atoms with E-state index in [0.717, 1.165) is 6.04 Å². The van der Waals surface area contributed by atoms with Gasteiger partial charge in [-0.1, -0.05) is 19.6 Å². The Morgan fingerprint density at radius 2 is 1.88 bits per heavy atom. The van der Waals surface area contributed by atoms with Gasteiger partial charge in [-0.05, 0) is 6.04 Å². The Morgan fingerprint density at radius 1 is 1.38 bits per heavy atom. The van der Waals surface area contributed by atoms with Gasteiger partial charge in [0.2, 0.25) is 0 Å². The molecule has 0 heterocycles. The van der Waals surface area contributed by atoms with Crippen LogP contribution in [0.2, 0.25) is 25.7 Å². The van der Waals surface area contributed by atoms with Gasteiger partial charge in [0.1, 0.15) is 0 Å². The van der Waals surface area contributed by atoms with Crippen molar-refractivity contribution in [2.24, 2.45) is 0 Å². The fourth-order valence-corrected chi connectivity index (χ4v) is 1.07. The normalized spacial score (nSPS) is 12.0. The van der Waals surface area contributed by atoms with E-state index in [0.29, 0.717) is 6.61 Å². The van der Waals surface area contributed by atoms with Crippen molar-refractivity contribution in [1.29, 1.82) is 0 Å². The number of ether oxygens (including phenoxy) is 1. The summed E-state index contributed by atoms with van der Waals surface area (Å²) in [6.45, 7) is 7.42. The average Bonchev–Trinajstić information content (AvgIpc) is 1.59. The van der Waals surface area contributed by atoms with E-state index >= 15 is 0 Å². The molecule has 0 aliphatic rings. The van der Waals surface area contributed by atoms with Crippen LogP contribution in [0.4, 0.5) is 0 Å². The van der Waals surface area contributed by atoms with Crippen LogP contribution in [0.15, 0.2) is 0 Å². The van der Waals surface area contributed by atoms with Gasteiger partial charge in [-0.2, -0.15) is 0 Å². The highest BCUT2D eigenvalue weighted by Gasteiger charge is 2.10. The molecule has 0 aromatic rings. The molecule has 0 bridgehead atoms. The fraction of sp³-hybridized carbons (Fsp3) is 0.833. The van der Waals surface area contributed by atoms with Gasteiger partial charge in [0.15, 0.2) is 7.11 Å². The maximum absolute atomic E-state index is 6.40. The van der Waals surface area contributed by atoms with Gasteiger partial charge in [0.25, 0.3) is 0 Å². The summed E-state index contributed by atoms with van der Waals surface area (Å²) in [4.78, 5) is 0. The van der Waals surface area contributed by atoms with E-state index in [9.17, 15) is 0 Å². The summed E-state index contributed by atoms with van der Waals surface area (Å²) in [6, 6.07) is 1.09. The van der Waals surface area contributed by atoms with Crippen LogP contribution >= 0.6 is 0 Å². The Kier molecular flexibility index (Phi) is 3.32. The van der Waals surface area contributed by atoms with Crippen LogP contribution in [-0.2, 0) is 4.74 Å². The van der Waals surface area contributed by atoms with Crippen LogP contribution in [0, 0.1) is 7.11 Å². The first-order valence-electron chi connectivity index (χ1n) is 2.85. The van der Waals surface area contributed by atoms with Crippen molar-refractivity contribution in [1.82, 2.24) is 0 Å². The second-order valence-electron chi connectivity index (χ2n) is 3.16. The Hall–Kier alpha value is 0.177. The van der Waals surface area contributed by atoms with Crippen LogP contribution in [0.1, 0.15) is 0 Å². The van der Waals surface area contributed by atoms with E-state index in [2.05, 4.69) is 24.4 Å². The first kappa shape index (κ1) is 8.18. The fourth-order valence-electron chi connectivity index (χ4n) is 0.357. The summed E-state index contributed by atoms with van der Waals surface area (Å²) in [5.74, 6) is 0. The van der Waals surface area contributed by atoms with Gasteiger partial charge in [-0.3, -0.25) is 0 Å². The molecule has 0 spiro atoms. The van der Waals surface area contributed by atoms with Gasteiger partial charge >= 0.3 is 0 Å². The molecule has 1 nitrogen and oxygen atoms in total. The van der Waals surface area contributed by atoms with E-state index in [1.807, 2.05) is 0 Å². The minimum Gasteiger partial charge on any atom is -0.365 e. The lowest BCUT2D eigenvalue weighted by Gasteiger charge is -2.13. The van der Waals surface area contributed by atoms with E-state index in [1.165, 1.54) is 0 Å². The summed E-state index contributed by atoms with van der Waals surface area (Å²) in [6.07, 6.45) is 0. The quantitative estimate of drug-likeness (QED) is 0.529. The first-order chi connectivity index (χ1) is 3.56. The Labute approximate surface area is 53.1 Å². The van der Waals surface area contributed by atoms with Crippen LogP contribution in [0.3, 0.4) is 0 Å².